The van der Waals surface area contributed by atoms with Crippen molar-refractivity contribution in [3.05, 3.63) is 47.4 Å². The molecule has 25 heavy (non-hydrogen) atoms. The number of nitrogens with one attached hydrogen (secondary N) is 1. The zero-order valence-electron chi connectivity index (χ0n) is 14.2. The van der Waals surface area contributed by atoms with Crippen LogP contribution in [0, 0.1) is 5.82 Å². The Morgan fingerprint density at radius 1 is 1.20 bits per heavy atom. The van der Waals surface area contributed by atoms with Crippen LogP contribution in [-0.4, -0.2) is 47.9 Å². The van der Waals surface area contributed by atoms with Crippen molar-refractivity contribution in [1.82, 2.24) is 20.4 Å². The summed E-state index contributed by atoms with van der Waals surface area (Å²) in [5.41, 5.74) is 1.10. The molecule has 4 rings (SSSR count). The lowest BCUT2D eigenvalue weighted by atomic mass is 10.0. The number of ether oxygens (including phenoxy) is 1. The highest BCUT2D eigenvalue weighted by atomic mass is 19.1. The average molecular weight is 346 g/mol. The molecule has 6 nitrogen and oxygen atoms in total. The van der Waals surface area contributed by atoms with Crippen LogP contribution in [0.5, 0.6) is 0 Å². The fourth-order valence-corrected chi connectivity index (χ4v) is 3.19. The van der Waals surface area contributed by atoms with Gasteiger partial charge in [-0.1, -0.05) is 17.3 Å². The molecule has 1 aromatic carbocycles. The van der Waals surface area contributed by atoms with Crippen LogP contribution in [0.2, 0.25) is 0 Å². The third-order valence-corrected chi connectivity index (χ3v) is 4.78. The molecule has 7 heteroatoms. The molecule has 1 aliphatic heterocycles. The summed E-state index contributed by atoms with van der Waals surface area (Å²) in [5, 5.41) is 7.45. The van der Waals surface area contributed by atoms with Gasteiger partial charge in [-0.2, -0.15) is 4.98 Å². The van der Waals surface area contributed by atoms with Crippen molar-refractivity contribution in [1.29, 1.82) is 0 Å². The maximum absolute atomic E-state index is 13.3. The van der Waals surface area contributed by atoms with E-state index in [1.165, 1.54) is 12.1 Å². The second kappa shape index (κ2) is 7.59. The first-order valence-corrected chi connectivity index (χ1v) is 8.90. The molecular formula is C18H23FN4O2. The monoisotopic (exact) mass is 346 g/mol. The molecule has 1 aliphatic carbocycles. The number of rotatable bonds is 7. The van der Waals surface area contributed by atoms with Crippen LogP contribution in [-0.2, 0) is 11.3 Å². The van der Waals surface area contributed by atoms with Crippen molar-refractivity contribution in [2.45, 2.75) is 31.3 Å². The van der Waals surface area contributed by atoms with E-state index in [9.17, 15) is 4.39 Å². The van der Waals surface area contributed by atoms with Gasteiger partial charge in [0, 0.05) is 31.6 Å². The Kier molecular flexibility index (Phi) is 5.05. The predicted molar refractivity (Wildman–Crippen MR) is 89.5 cm³/mol. The Hall–Kier alpha value is -1.83. The van der Waals surface area contributed by atoms with E-state index in [-0.39, 0.29) is 11.9 Å². The largest absolute Gasteiger partial charge is 0.379 e. The highest BCUT2D eigenvalue weighted by Crippen LogP contribution is 2.38. The number of morpholine rings is 1. The third kappa shape index (κ3) is 4.23. The van der Waals surface area contributed by atoms with Gasteiger partial charge in [0.25, 0.3) is 0 Å². The van der Waals surface area contributed by atoms with E-state index in [0.29, 0.717) is 18.4 Å². The molecule has 2 fully saturated rings. The smallest absolute Gasteiger partial charge is 0.240 e. The molecule has 2 heterocycles. The van der Waals surface area contributed by atoms with Crippen LogP contribution in [0.4, 0.5) is 4.39 Å². The lowest BCUT2D eigenvalue weighted by Gasteiger charge is -2.35. The van der Waals surface area contributed by atoms with Crippen molar-refractivity contribution in [3.63, 3.8) is 0 Å². The van der Waals surface area contributed by atoms with Crippen LogP contribution < -0.4 is 5.32 Å². The highest BCUT2D eigenvalue weighted by Gasteiger charge is 2.29. The molecule has 134 valence electrons. The summed E-state index contributed by atoms with van der Waals surface area (Å²) in [6, 6.07) is 6.91. The van der Waals surface area contributed by atoms with Gasteiger partial charge in [0.2, 0.25) is 5.89 Å². The van der Waals surface area contributed by atoms with Crippen LogP contribution in [0.1, 0.15) is 42.1 Å². The Balaban J connectivity index is 1.39. The summed E-state index contributed by atoms with van der Waals surface area (Å²) in [6.45, 7) is 4.47. The molecule has 1 saturated heterocycles. The molecule has 0 bridgehead atoms. The topological polar surface area (TPSA) is 63.4 Å². The average Bonchev–Trinajstić information content (AvgIpc) is 3.39. The van der Waals surface area contributed by atoms with Gasteiger partial charge in [-0.05, 0) is 30.5 Å². The lowest BCUT2D eigenvalue weighted by molar-refractivity contribution is 0.0159. The third-order valence-electron chi connectivity index (χ3n) is 4.78. The molecule has 1 N–H and O–H groups in total. The van der Waals surface area contributed by atoms with E-state index in [2.05, 4.69) is 20.4 Å². The molecule has 1 aromatic heterocycles. The minimum Gasteiger partial charge on any atom is -0.379 e. The van der Waals surface area contributed by atoms with E-state index >= 15 is 0 Å². The number of hydrogen-bond donors (Lipinski definition) is 1. The molecule has 0 spiro atoms. The minimum absolute atomic E-state index is 0.162. The van der Waals surface area contributed by atoms with Gasteiger partial charge in [0.15, 0.2) is 5.82 Å². The second-order valence-corrected chi connectivity index (χ2v) is 6.67. The van der Waals surface area contributed by atoms with Crippen LogP contribution in [0.25, 0.3) is 0 Å². The van der Waals surface area contributed by atoms with Gasteiger partial charge in [-0.25, -0.2) is 4.39 Å². The molecule has 1 saturated carbocycles. The standard InChI is InChI=1S/C18H23FN4O2/c19-15-5-3-13(4-6-15)16(23-7-9-24-10-8-23)11-20-12-17-21-18(22-25-17)14-1-2-14/h3-6,14,16,20H,1-2,7-12H2/t16-/m0/s1. The van der Waals surface area contributed by atoms with Gasteiger partial charge >= 0.3 is 0 Å². The number of benzene rings is 1. The molecule has 0 radical (unpaired) electrons. The van der Waals surface area contributed by atoms with E-state index in [4.69, 9.17) is 9.26 Å². The summed E-state index contributed by atoms with van der Waals surface area (Å²) in [5.74, 6) is 1.75. The van der Waals surface area contributed by atoms with E-state index in [1.54, 1.807) is 0 Å². The molecule has 2 aliphatic rings. The Morgan fingerprint density at radius 2 is 1.96 bits per heavy atom. The van der Waals surface area contributed by atoms with Crippen LogP contribution >= 0.6 is 0 Å². The number of aromatic nitrogens is 2. The first kappa shape index (κ1) is 16.6. The van der Waals surface area contributed by atoms with Crippen molar-refractivity contribution < 1.29 is 13.7 Å². The zero-order chi connectivity index (χ0) is 17.1. The van der Waals surface area contributed by atoms with Gasteiger partial charge in [-0.3, -0.25) is 4.90 Å². The highest BCUT2D eigenvalue weighted by molar-refractivity contribution is 5.20. The number of hydrogen-bond acceptors (Lipinski definition) is 6. The Morgan fingerprint density at radius 3 is 2.68 bits per heavy atom. The maximum atomic E-state index is 13.3. The van der Waals surface area contributed by atoms with Gasteiger partial charge in [-0.15, -0.1) is 0 Å². The van der Waals surface area contributed by atoms with Crippen molar-refractivity contribution in [2.75, 3.05) is 32.8 Å². The first-order valence-electron chi connectivity index (χ1n) is 8.90. The molecule has 0 unspecified atom stereocenters. The summed E-state index contributed by atoms with van der Waals surface area (Å²) < 4.78 is 24.0. The fraction of sp³-hybridized carbons (Fsp3) is 0.556. The number of halogens is 1. The van der Waals surface area contributed by atoms with Crippen LogP contribution in [0.3, 0.4) is 0 Å². The molecular weight excluding hydrogens is 323 g/mol. The fourth-order valence-electron chi connectivity index (χ4n) is 3.19. The Labute approximate surface area is 146 Å². The van der Waals surface area contributed by atoms with Crippen molar-refractivity contribution in [2.24, 2.45) is 0 Å². The van der Waals surface area contributed by atoms with Gasteiger partial charge in [0.05, 0.1) is 19.8 Å². The normalized spacial score (nSPS) is 19.9. The van der Waals surface area contributed by atoms with Crippen molar-refractivity contribution in [3.8, 4) is 0 Å². The van der Waals surface area contributed by atoms with Gasteiger partial charge in [0.1, 0.15) is 5.82 Å². The molecule has 1 atom stereocenters. The van der Waals surface area contributed by atoms with E-state index in [1.807, 2.05) is 12.1 Å². The van der Waals surface area contributed by atoms with Crippen LogP contribution in [0.15, 0.2) is 28.8 Å². The summed E-state index contributed by atoms with van der Waals surface area (Å²) in [6.07, 6.45) is 2.33. The molecule has 2 aromatic rings. The first-order chi connectivity index (χ1) is 12.3. The minimum atomic E-state index is -0.212. The second-order valence-electron chi connectivity index (χ2n) is 6.67. The van der Waals surface area contributed by atoms with Gasteiger partial charge < -0.3 is 14.6 Å². The zero-order valence-corrected chi connectivity index (χ0v) is 14.2. The van der Waals surface area contributed by atoms with Crippen molar-refractivity contribution >= 4 is 0 Å². The summed E-state index contributed by atoms with van der Waals surface area (Å²) >= 11 is 0. The van der Waals surface area contributed by atoms with E-state index < -0.39 is 0 Å². The predicted octanol–water partition coefficient (Wildman–Crippen LogP) is 2.25. The Bertz CT molecular complexity index is 681. The quantitative estimate of drug-likeness (QED) is 0.830. The maximum Gasteiger partial charge on any atom is 0.240 e. The lowest BCUT2D eigenvalue weighted by Crippen LogP contribution is -2.42. The molecule has 0 amide bonds. The summed E-state index contributed by atoms with van der Waals surface area (Å²) in [4.78, 5) is 6.81. The summed E-state index contributed by atoms with van der Waals surface area (Å²) in [7, 11) is 0. The number of nitrogens with zero attached hydrogens (tertiary/aromatic N) is 3. The van der Waals surface area contributed by atoms with E-state index in [0.717, 1.165) is 57.1 Å². The SMILES string of the molecule is Fc1ccc([C@H](CNCc2nc(C3CC3)no2)N2CCOCC2)cc1.